The summed E-state index contributed by atoms with van der Waals surface area (Å²) in [7, 11) is 0. The molecule has 5 heteroatoms. The molecule has 3 aromatic rings. The standard InChI is InChI=1S/C26H30FNO3/c1-15(2)26-24(18-7-4-6-17(13-18)14-23(30)31)25-21(8-5-9-22(25)29)28(26)19-10-11-20(27)16(3)12-19/h5,8-12,15,17-18,29H,4,6-7,13-14H2,1-3H3,(H,30,31)/t17-,18+/m0/s1. The molecular formula is C26H30FNO3. The first-order valence-electron chi connectivity index (χ1n) is 11.1. The van der Waals surface area contributed by atoms with Crippen LogP contribution in [0.2, 0.25) is 0 Å². The van der Waals surface area contributed by atoms with Gasteiger partial charge in [-0.2, -0.15) is 0 Å². The number of fused-ring (bicyclic) bond motifs is 1. The van der Waals surface area contributed by atoms with Crippen LogP contribution in [-0.4, -0.2) is 20.7 Å². The zero-order chi connectivity index (χ0) is 22.3. The quantitative estimate of drug-likeness (QED) is 0.483. The number of aromatic nitrogens is 1. The van der Waals surface area contributed by atoms with Crippen molar-refractivity contribution in [1.82, 2.24) is 4.57 Å². The van der Waals surface area contributed by atoms with E-state index in [2.05, 4.69) is 18.4 Å². The van der Waals surface area contributed by atoms with Crippen LogP contribution in [0.3, 0.4) is 0 Å². The van der Waals surface area contributed by atoms with Gasteiger partial charge in [0, 0.05) is 23.2 Å². The Hall–Kier alpha value is -2.82. The molecule has 0 aliphatic heterocycles. The molecule has 31 heavy (non-hydrogen) atoms. The number of halogens is 1. The molecule has 0 unspecified atom stereocenters. The SMILES string of the molecule is Cc1cc(-n2c(C(C)C)c([C@@H]3CCC[C@H](CC(=O)O)C3)c3c(O)cccc32)ccc1F. The van der Waals surface area contributed by atoms with Crippen molar-refractivity contribution in [2.45, 2.75) is 64.7 Å². The molecule has 1 fully saturated rings. The second-order valence-corrected chi connectivity index (χ2v) is 9.22. The average Bonchev–Trinajstić information content (AvgIpc) is 3.07. The largest absolute Gasteiger partial charge is 0.507 e. The molecule has 4 nitrogen and oxygen atoms in total. The molecule has 0 bridgehead atoms. The second kappa shape index (κ2) is 8.37. The van der Waals surface area contributed by atoms with Crippen molar-refractivity contribution in [2.24, 2.45) is 5.92 Å². The maximum absolute atomic E-state index is 14.0. The molecule has 0 spiro atoms. The third kappa shape index (κ3) is 3.93. The van der Waals surface area contributed by atoms with E-state index in [0.717, 1.165) is 53.5 Å². The highest BCUT2D eigenvalue weighted by Gasteiger charge is 2.32. The summed E-state index contributed by atoms with van der Waals surface area (Å²) in [6.07, 6.45) is 3.89. The Morgan fingerprint density at radius 1 is 1.23 bits per heavy atom. The van der Waals surface area contributed by atoms with Crippen LogP contribution in [0.1, 0.15) is 74.6 Å². The molecular weight excluding hydrogens is 393 g/mol. The van der Waals surface area contributed by atoms with Gasteiger partial charge in [-0.1, -0.05) is 26.3 Å². The van der Waals surface area contributed by atoms with Gasteiger partial charge in [-0.15, -0.1) is 0 Å². The summed E-state index contributed by atoms with van der Waals surface area (Å²) in [6, 6.07) is 10.7. The van der Waals surface area contributed by atoms with Crippen LogP contribution in [0.25, 0.3) is 16.6 Å². The summed E-state index contributed by atoms with van der Waals surface area (Å²) >= 11 is 0. The Balaban J connectivity index is 1.96. The lowest BCUT2D eigenvalue weighted by Gasteiger charge is -2.30. The van der Waals surface area contributed by atoms with Gasteiger partial charge in [-0.3, -0.25) is 4.79 Å². The van der Waals surface area contributed by atoms with E-state index in [0.29, 0.717) is 5.56 Å². The third-order valence-electron chi connectivity index (χ3n) is 6.65. The molecule has 1 saturated carbocycles. The number of carbonyl (C=O) groups is 1. The van der Waals surface area contributed by atoms with Gasteiger partial charge in [-0.25, -0.2) is 4.39 Å². The highest BCUT2D eigenvalue weighted by atomic mass is 19.1. The van der Waals surface area contributed by atoms with Crippen LogP contribution in [0, 0.1) is 18.7 Å². The maximum Gasteiger partial charge on any atom is 0.303 e. The first kappa shape index (κ1) is 21.4. The van der Waals surface area contributed by atoms with Crippen LogP contribution in [0.5, 0.6) is 5.75 Å². The predicted molar refractivity (Wildman–Crippen MR) is 121 cm³/mol. The van der Waals surface area contributed by atoms with E-state index in [1.807, 2.05) is 18.2 Å². The summed E-state index contributed by atoms with van der Waals surface area (Å²) in [5.41, 5.74) is 4.60. The zero-order valence-electron chi connectivity index (χ0n) is 18.4. The predicted octanol–water partition coefficient (Wildman–Crippen LogP) is 6.66. The number of benzene rings is 2. The number of rotatable bonds is 5. The molecule has 164 valence electrons. The van der Waals surface area contributed by atoms with Crippen molar-refractivity contribution in [3.63, 3.8) is 0 Å². The summed E-state index contributed by atoms with van der Waals surface area (Å²) in [6.45, 7) is 6.04. The van der Waals surface area contributed by atoms with Crippen LogP contribution < -0.4 is 0 Å². The minimum atomic E-state index is -0.748. The molecule has 0 radical (unpaired) electrons. The molecule has 2 N–H and O–H groups in total. The van der Waals surface area contributed by atoms with Crippen molar-refractivity contribution in [3.8, 4) is 11.4 Å². The van der Waals surface area contributed by atoms with E-state index >= 15 is 0 Å². The number of aliphatic carboxylic acids is 1. The van der Waals surface area contributed by atoms with Gasteiger partial charge in [0.1, 0.15) is 11.6 Å². The summed E-state index contributed by atoms with van der Waals surface area (Å²) in [4.78, 5) is 11.3. The zero-order valence-corrected chi connectivity index (χ0v) is 18.4. The fraction of sp³-hybridized carbons (Fsp3) is 0.423. The number of nitrogens with zero attached hydrogens (tertiary/aromatic N) is 1. The molecule has 0 amide bonds. The summed E-state index contributed by atoms with van der Waals surface area (Å²) < 4.78 is 16.2. The molecule has 0 saturated heterocycles. The van der Waals surface area contributed by atoms with E-state index in [1.54, 1.807) is 19.1 Å². The van der Waals surface area contributed by atoms with Crippen LogP contribution in [0.4, 0.5) is 4.39 Å². The van der Waals surface area contributed by atoms with Gasteiger partial charge in [-0.05, 0) is 85.4 Å². The number of carboxylic acid groups (broad SMARTS) is 1. The number of aryl methyl sites for hydroxylation is 1. The van der Waals surface area contributed by atoms with Gasteiger partial charge in [0.15, 0.2) is 0 Å². The van der Waals surface area contributed by atoms with Gasteiger partial charge >= 0.3 is 5.97 Å². The average molecular weight is 424 g/mol. The third-order valence-corrected chi connectivity index (χ3v) is 6.65. The van der Waals surface area contributed by atoms with Crippen molar-refractivity contribution in [3.05, 3.63) is 59.0 Å². The Kier molecular flexibility index (Phi) is 5.78. The fourth-order valence-corrected chi connectivity index (χ4v) is 5.38. The van der Waals surface area contributed by atoms with Crippen LogP contribution >= 0.6 is 0 Å². The fourth-order valence-electron chi connectivity index (χ4n) is 5.38. The number of phenolic OH excluding ortho intramolecular Hbond substituents is 1. The van der Waals surface area contributed by atoms with E-state index < -0.39 is 5.97 Å². The molecule has 1 aromatic heterocycles. The van der Waals surface area contributed by atoms with Crippen molar-refractivity contribution >= 4 is 16.9 Å². The molecule has 1 heterocycles. The lowest BCUT2D eigenvalue weighted by atomic mass is 9.75. The topological polar surface area (TPSA) is 62.5 Å². The maximum atomic E-state index is 14.0. The number of hydrogen-bond donors (Lipinski definition) is 2. The Labute approximate surface area is 182 Å². The summed E-state index contributed by atoms with van der Waals surface area (Å²) in [5, 5.41) is 21.0. The van der Waals surface area contributed by atoms with Crippen LogP contribution in [0.15, 0.2) is 36.4 Å². The molecule has 1 aliphatic carbocycles. The van der Waals surface area contributed by atoms with E-state index in [4.69, 9.17) is 0 Å². The number of aromatic hydroxyl groups is 1. The Morgan fingerprint density at radius 2 is 2.00 bits per heavy atom. The Morgan fingerprint density at radius 3 is 2.68 bits per heavy atom. The molecule has 2 aromatic carbocycles. The lowest BCUT2D eigenvalue weighted by molar-refractivity contribution is -0.138. The Bertz CT molecular complexity index is 1130. The number of hydrogen-bond acceptors (Lipinski definition) is 2. The number of carboxylic acids is 1. The van der Waals surface area contributed by atoms with Gasteiger partial charge in [0.2, 0.25) is 0 Å². The highest BCUT2D eigenvalue weighted by Crippen LogP contribution is 2.47. The summed E-state index contributed by atoms with van der Waals surface area (Å²) in [5.74, 6) is -0.234. The molecule has 4 rings (SSSR count). The van der Waals surface area contributed by atoms with E-state index in [9.17, 15) is 19.4 Å². The monoisotopic (exact) mass is 423 g/mol. The number of phenols is 1. The van der Waals surface area contributed by atoms with Crippen molar-refractivity contribution < 1.29 is 19.4 Å². The smallest absolute Gasteiger partial charge is 0.303 e. The first-order valence-corrected chi connectivity index (χ1v) is 11.1. The normalized spacial score (nSPS) is 19.3. The first-order chi connectivity index (χ1) is 14.8. The molecule has 2 atom stereocenters. The van der Waals surface area contributed by atoms with E-state index in [1.165, 1.54) is 6.07 Å². The van der Waals surface area contributed by atoms with Crippen LogP contribution in [-0.2, 0) is 4.79 Å². The van der Waals surface area contributed by atoms with Gasteiger partial charge < -0.3 is 14.8 Å². The second-order valence-electron chi connectivity index (χ2n) is 9.22. The van der Waals surface area contributed by atoms with Crippen molar-refractivity contribution in [1.29, 1.82) is 0 Å². The minimum Gasteiger partial charge on any atom is -0.507 e. The van der Waals surface area contributed by atoms with E-state index in [-0.39, 0.29) is 35.7 Å². The lowest BCUT2D eigenvalue weighted by Crippen LogP contribution is -2.18. The highest BCUT2D eigenvalue weighted by molar-refractivity contribution is 5.93. The molecule has 1 aliphatic rings. The van der Waals surface area contributed by atoms with Gasteiger partial charge in [0.05, 0.1) is 5.52 Å². The van der Waals surface area contributed by atoms with Gasteiger partial charge in [0.25, 0.3) is 0 Å². The van der Waals surface area contributed by atoms with Crippen molar-refractivity contribution in [2.75, 3.05) is 0 Å². The minimum absolute atomic E-state index is 0.147.